The van der Waals surface area contributed by atoms with Gasteiger partial charge < -0.3 is 10.1 Å². The molecular weight excluding hydrogens is 294 g/mol. The average molecular weight is 313 g/mol. The van der Waals surface area contributed by atoms with E-state index in [-0.39, 0.29) is 17.5 Å². The van der Waals surface area contributed by atoms with Crippen molar-refractivity contribution in [2.45, 2.75) is 32.2 Å². The monoisotopic (exact) mass is 313 g/mol. The van der Waals surface area contributed by atoms with Crippen LogP contribution in [0.4, 0.5) is 0 Å². The van der Waals surface area contributed by atoms with E-state index in [0.29, 0.717) is 12.0 Å². The summed E-state index contributed by atoms with van der Waals surface area (Å²) < 4.78 is 5.16. The van der Waals surface area contributed by atoms with Crippen molar-refractivity contribution in [3.8, 4) is 5.75 Å². The number of methoxy groups -OCH3 is 1. The Morgan fingerprint density at radius 2 is 2.22 bits per heavy atom. The van der Waals surface area contributed by atoms with Crippen LogP contribution in [0.15, 0.2) is 29.1 Å². The minimum Gasteiger partial charge on any atom is -0.497 e. The molecular formula is C17H19N3O3. The summed E-state index contributed by atoms with van der Waals surface area (Å²) in [6.45, 7) is 1.89. The number of fused-ring (bicyclic) bond motifs is 1. The van der Waals surface area contributed by atoms with Gasteiger partial charge in [-0.05, 0) is 55.5 Å². The molecule has 0 saturated heterocycles. The molecule has 2 N–H and O–H groups in total. The molecule has 1 amide bonds. The lowest BCUT2D eigenvalue weighted by molar-refractivity contribution is 0.0933. The van der Waals surface area contributed by atoms with E-state index in [9.17, 15) is 9.59 Å². The Hall–Kier alpha value is -2.63. The molecule has 1 heterocycles. The number of hydrogen-bond donors (Lipinski definition) is 2. The first kappa shape index (κ1) is 15.3. The molecule has 3 rings (SSSR count). The van der Waals surface area contributed by atoms with Gasteiger partial charge in [-0.25, -0.2) is 5.10 Å². The van der Waals surface area contributed by atoms with Gasteiger partial charge in [0, 0.05) is 17.7 Å². The number of benzene rings is 1. The van der Waals surface area contributed by atoms with Gasteiger partial charge in [-0.2, -0.15) is 5.10 Å². The van der Waals surface area contributed by atoms with Gasteiger partial charge >= 0.3 is 0 Å². The molecule has 1 unspecified atom stereocenters. The third-order valence-corrected chi connectivity index (χ3v) is 4.19. The maximum Gasteiger partial charge on any atom is 0.264 e. The Kier molecular flexibility index (Phi) is 4.14. The molecule has 23 heavy (non-hydrogen) atoms. The maximum atomic E-state index is 12.5. The molecule has 1 aromatic heterocycles. The Labute approximate surface area is 133 Å². The molecule has 6 nitrogen and oxygen atoms in total. The van der Waals surface area contributed by atoms with Gasteiger partial charge in [0.25, 0.3) is 11.5 Å². The van der Waals surface area contributed by atoms with Gasteiger partial charge in [0.1, 0.15) is 5.75 Å². The van der Waals surface area contributed by atoms with Gasteiger partial charge in [0.2, 0.25) is 0 Å². The lowest BCUT2D eigenvalue weighted by Gasteiger charge is -2.24. The van der Waals surface area contributed by atoms with Crippen molar-refractivity contribution in [1.29, 1.82) is 0 Å². The maximum absolute atomic E-state index is 12.5. The third kappa shape index (κ3) is 3.26. The summed E-state index contributed by atoms with van der Waals surface area (Å²) in [4.78, 5) is 23.9. The number of aromatic nitrogens is 2. The summed E-state index contributed by atoms with van der Waals surface area (Å²) in [5.41, 5.74) is 3.13. The van der Waals surface area contributed by atoms with Crippen molar-refractivity contribution in [3.63, 3.8) is 0 Å². The molecule has 120 valence electrons. The van der Waals surface area contributed by atoms with E-state index >= 15 is 0 Å². The van der Waals surface area contributed by atoms with Crippen LogP contribution in [0.1, 0.15) is 33.6 Å². The number of carbonyl (C=O) groups excluding carboxylic acids is 1. The first-order valence-corrected chi connectivity index (χ1v) is 7.60. The van der Waals surface area contributed by atoms with Crippen LogP contribution in [0, 0.1) is 6.92 Å². The van der Waals surface area contributed by atoms with E-state index in [0.717, 1.165) is 35.4 Å². The summed E-state index contributed by atoms with van der Waals surface area (Å²) in [5, 5.41) is 9.57. The van der Waals surface area contributed by atoms with E-state index in [1.807, 2.05) is 13.0 Å². The number of H-pyrrole nitrogens is 1. The molecule has 0 aliphatic heterocycles. The van der Waals surface area contributed by atoms with E-state index in [4.69, 9.17) is 4.74 Å². The molecule has 2 aromatic rings. The smallest absolute Gasteiger partial charge is 0.264 e. The molecule has 0 fully saturated rings. The summed E-state index contributed by atoms with van der Waals surface area (Å²) in [7, 11) is 1.60. The van der Waals surface area contributed by atoms with Gasteiger partial charge in [-0.3, -0.25) is 9.59 Å². The van der Waals surface area contributed by atoms with Crippen molar-refractivity contribution in [2.75, 3.05) is 7.11 Å². The Morgan fingerprint density at radius 3 is 2.96 bits per heavy atom. The predicted molar refractivity (Wildman–Crippen MR) is 85.9 cm³/mol. The van der Waals surface area contributed by atoms with Gasteiger partial charge in [0.05, 0.1) is 12.8 Å². The van der Waals surface area contributed by atoms with Crippen molar-refractivity contribution in [3.05, 3.63) is 57.0 Å². The molecule has 1 aliphatic rings. The zero-order valence-corrected chi connectivity index (χ0v) is 13.2. The first-order chi connectivity index (χ1) is 11.1. The zero-order valence-electron chi connectivity index (χ0n) is 13.2. The lowest BCUT2D eigenvalue weighted by Crippen LogP contribution is -2.39. The fourth-order valence-electron chi connectivity index (χ4n) is 2.94. The highest BCUT2D eigenvalue weighted by Crippen LogP contribution is 2.20. The molecule has 0 saturated carbocycles. The summed E-state index contributed by atoms with van der Waals surface area (Å²) in [6.07, 6.45) is 2.19. The lowest BCUT2D eigenvalue weighted by atomic mass is 9.92. The number of aromatic amines is 1. The second kappa shape index (κ2) is 6.24. The topological polar surface area (TPSA) is 84.1 Å². The van der Waals surface area contributed by atoms with E-state index in [2.05, 4.69) is 15.5 Å². The van der Waals surface area contributed by atoms with Crippen molar-refractivity contribution in [2.24, 2.45) is 0 Å². The number of carbonyl (C=O) groups is 1. The van der Waals surface area contributed by atoms with Crippen LogP contribution in [-0.4, -0.2) is 29.3 Å². The summed E-state index contributed by atoms with van der Waals surface area (Å²) in [5.74, 6) is 0.632. The number of rotatable bonds is 3. The molecule has 1 atom stereocenters. The van der Waals surface area contributed by atoms with Gasteiger partial charge in [-0.1, -0.05) is 0 Å². The van der Waals surface area contributed by atoms with E-state index < -0.39 is 0 Å². The quantitative estimate of drug-likeness (QED) is 0.896. The largest absolute Gasteiger partial charge is 0.497 e. The van der Waals surface area contributed by atoms with Crippen LogP contribution in [0.25, 0.3) is 0 Å². The fourth-order valence-corrected chi connectivity index (χ4v) is 2.94. The number of ether oxygens (including phenoxy) is 1. The standard InChI is InChI=1S/C17H19N3O3/c1-10-7-13(23-2)4-5-14(10)17(22)18-12-3-6-15-11(8-12)9-16(21)20-19-15/h4-5,7,9,12H,3,6,8H2,1-2H3,(H,18,22)(H,20,21). The number of amides is 1. The molecule has 1 aliphatic carbocycles. The zero-order chi connectivity index (χ0) is 16.4. The van der Waals surface area contributed by atoms with Gasteiger partial charge in [0.15, 0.2) is 0 Å². The Morgan fingerprint density at radius 1 is 1.39 bits per heavy atom. The fraction of sp³-hybridized carbons (Fsp3) is 0.353. The third-order valence-electron chi connectivity index (χ3n) is 4.19. The van der Waals surface area contributed by atoms with Crippen LogP contribution >= 0.6 is 0 Å². The first-order valence-electron chi connectivity index (χ1n) is 7.60. The average Bonchev–Trinajstić information content (AvgIpc) is 2.54. The molecule has 0 radical (unpaired) electrons. The van der Waals surface area contributed by atoms with Crippen LogP contribution in [0.5, 0.6) is 5.75 Å². The number of nitrogens with zero attached hydrogens (tertiary/aromatic N) is 1. The molecule has 0 bridgehead atoms. The minimum atomic E-state index is -0.207. The number of hydrogen-bond acceptors (Lipinski definition) is 4. The van der Waals surface area contributed by atoms with Crippen LogP contribution in [0.3, 0.4) is 0 Å². The predicted octanol–water partition coefficient (Wildman–Crippen LogP) is 1.37. The molecule has 1 aromatic carbocycles. The molecule has 0 spiro atoms. The minimum absolute atomic E-state index is 0.0140. The van der Waals surface area contributed by atoms with Crippen molar-refractivity contribution < 1.29 is 9.53 Å². The Bertz CT molecular complexity index is 798. The van der Waals surface area contributed by atoms with E-state index in [1.165, 1.54) is 0 Å². The Balaban J connectivity index is 1.73. The highest BCUT2D eigenvalue weighted by Gasteiger charge is 2.22. The molecule has 6 heteroatoms. The summed E-state index contributed by atoms with van der Waals surface area (Å²) in [6, 6.07) is 6.97. The normalized spacial score (nSPS) is 16.5. The van der Waals surface area contributed by atoms with Crippen LogP contribution in [-0.2, 0) is 12.8 Å². The summed E-state index contributed by atoms with van der Waals surface area (Å²) >= 11 is 0. The second-order valence-corrected chi connectivity index (χ2v) is 5.80. The number of nitrogens with one attached hydrogen (secondary N) is 2. The highest BCUT2D eigenvalue weighted by atomic mass is 16.5. The second-order valence-electron chi connectivity index (χ2n) is 5.80. The highest BCUT2D eigenvalue weighted by molar-refractivity contribution is 5.96. The van der Waals surface area contributed by atoms with Crippen molar-refractivity contribution in [1.82, 2.24) is 15.5 Å². The van der Waals surface area contributed by atoms with Gasteiger partial charge in [-0.15, -0.1) is 0 Å². The number of aryl methyl sites for hydroxylation is 2. The van der Waals surface area contributed by atoms with Crippen LogP contribution < -0.4 is 15.6 Å². The van der Waals surface area contributed by atoms with E-state index in [1.54, 1.807) is 25.3 Å². The van der Waals surface area contributed by atoms with Crippen LogP contribution in [0.2, 0.25) is 0 Å². The SMILES string of the molecule is COc1ccc(C(=O)NC2CCc3n[nH]c(=O)cc3C2)c(C)c1. The van der Waals surface area contributed by atoms with Crippen molar-refractivity contribution >= 4 is 5.91 Å².